The number of para-hydroxylation sites is 1. The number of nitrogens with zero attached hydrogens (tertiary/aromatic N) is 3. The van der Waals surface area contributed by atoms with Gasteiger partial charge in [0.2, 0.25) is 0 Å². The molecule has 2 heterocycles. The van der Waals surface area contributed by atoms with Crippen LogP contribution in [0.3, 0.4) is 0 Å². The van der Waals surface area contributed by atoms with Crippen molar-refractivity contribution in [1.82, 2.24) is 4.90 Å². The largest absolute Gasteiger partial charge is 0.457 e. The summed E-state index contributed by atoms with van der Waals surface area (Å²) in [5, 5.41) is 12.3. The summed E-state index contributed by atoms with van der Waals surface area (Å²) in [4.78, 5) is 31.5. The van der Waals surface area contributed by atoms with Crippen molar-refractivity contribution in [1.29, 1.82) is 0 Å². The van der Waals surface area contributed by atoms with Gasteiger partial charge in [-0.2, -0.15) is 0 Å². The third-order valence-electron chi connectivity index (χ3n) is 6.15. The molecule has 1 amide bonds. The van der Waals surface area contributed by atoms with Gasteiger partial charge in [-0.1, -0.05) is 49.1 Å². The summed E-state index contributed by atoms with van der Waals surface area (Å²) >= 11 is 10.7. The van der Waals surface area contributed by atoms with E-state index in [0.717, 1.165) is 31.4 Å². The number of nitro groups is 1. The van der Waals surface area contributed by atoms with E-state index in [1.54, 1.807) is 24.3 Å². The predicted molar refractivity (Wildman–Crippen MR) is 146 cm³/mol. The van der Waals surface area contributed by atoms with Crippen LogP contribution in [0.2, 0.25) is 5.02 Å². The van der Waals surface area contributed by atoms with Gasteiger partial charge in [0.25, 0.3) is 11.6 Å². The number of benzene rings is 2. The van der Waals surface area contributed by atoms with Crippen LogP contribution >= 0.6 is 39.3 Å². The van der Waals surface area contributed by atoms with Crippen LogP contribution in [0.25, 0.3) is 17.4 Å². The van der Waals surface area contributed by atoms with Crippen molar-refractivity contribution in [3.8, 4) is 11.3 Å². The second-order valence-electron chi connectivity index (χ2n) is 8.56. The van der Waals surface area contributed by atoms with E-state index in [9.17, 15) is 14.9 Å². The lowest BCUT2D eigenvalue weighted by atomic mass is 9.94. The minimum atomic E-state index is -0.507. The van der Waals surface area contributed by atoms with Gasteiger partial charge in [0.1, 0.15) is 16.0 Å². The van der Waals surface area contributed by atoms with Gasteiger partial charge >= 0.3 is 0 Å². The molecule has 2 aliphatic rings. The average molecular weight is 587 g/mol. The first-order valence-corrected chi connectivity index (χ1v) is 13.5. The number of rotatable bonds is 5. The molecule has 10 heteroatoms. The van der Waals surface area contributed by atoms with Crippen molar-refractivity contribution in [3.63, 3.8) is 0 Å². The molecule has 1 saturated carbocycles. The topological polar surface area (TPSA) is 88.9 Å². The van der Waals surface area contributed by atoms with E-state index in [1.807, 2.05) is 35.2 Å². The summed E-state index contributed by atoms with van der Waals surface area (Å²) in [5.74, 6) is 0.797. The first kappa shape index (κ1) is 24.8. The normalized spacial score (nSPS) is 18.9. The Labute approximate surface area is 225 Å². The summed E-state index contributed by atoms with van der Waals surface area (Å²) in [6.45, 7) is 0. The van der Waals surface area contributed by atoms with Gasteiger partial charge in [-0.25, -0.2) is 4.99 Å². The first-order valence-electron chi connectivity index (χ1n) is 11.5. The molecule has 5 rings (SSSR count). The molecule has 2 aromatic carbocycles. The number of aliphatic imine (C=N–C) groups is 1. The van der Waals surface area contributed by atoms with Crippen molar-refractivity contribution < 1.29 is 14.1 Å². The zero-order chi connectivity index (χ0) is 25.2. The van der Waals surface area contributed by atoms with E-state index >= 15 is 0 Å². The molecule has 0 spiro atoms. The lowest BCUT2D eigenvalue weighted by molar-refractivity contribution is -0.385. The number of amidine groups is 1. The van der Waals surface area contributed by atoms with Crippen LogP contribution in [0.15, 0.2) is 73.4 Å². The maximum atomic E-state index is 13.5. The molecule has 1 aliphatic carbocycles. The fraction of sp³-hybridized carbons (Fsp3) is 0.231. The standard InChI is InChI=1S/C26H21BrClN3O4S/c27-24-20(28)13-16(14-21(24)31(33)34)22-12-11-19(35-22)15-23-25(32)30(18-9-5-2-6-10-18)26(36-23)29-17-7-3-1-4-8-17/h1,3-4,7-8,11-15,18H,2,5-6,9-10H2/b23-15-,29-26?. The Balaban J connectivity index is 1.47. The molecule has 3 aromatic rings. The molecule has 0 radical (unpaired) electrons. The Bertz CT molecular complexity index is 1380. The van der Waals surface area contributed by atoms with Crippen molar-refractivity contribution in [3.05, 3.63) is 84.9 Å². The smallest absolute Gasteiger partial charge is 0.285 e. The minimum absolute atomic E-state index is 0.0816. The molecule has 1 aromatic heterocycles. The van der Waals surface area contributed by atoms with Gasteiger partial charge in [0.05, 0.1) is 20.5 Å². The molecule has 7 nitrogen and oxygen atoms in total. The molecule has 36 heavy (non-hydrogen) atoms. The van der Waals surface area contributed by atoms with Gasteiger partial charge in [0.15, 0.2) is 5.17 Å². The minimum Gasteiger partial charge on any atom is -0.457 e. The second-order valence-corrected chi connectivity index (χ2v) is 10.8. The van der Waals surface area contributed by atoms with Gasteiger partial charge < -0.3 is 4.42 Å². The summed E-state index contributed by atoms with van der Waals surface area (Å²) in [6.07, 6.45) is 7.00. The van der Waals surface area contributed by atoms with Gasteiger partial charge in [-0.3, -0.25) is 19.8 Å². The zero-order valence-corrected chi connectivity index (χ0v) is 22.2. The van der Waals surface area contributed by atoms with E-state index < -0.39 is 4.92 Å². The van der Waals surface area contributed by atoms with Crippen LogP contribution in [0.5, 0.6) is 0 Å². The van der Waals surface area contributed by atoms with Gasteiger partial charge in [-0.15, -0.1) is 0 Å². The van der Waals surface area contributed by atoms with Crippen LogP contribution in [0, 0.1) is 10.1 Å². The highest BCUT2D eigenvalue weighted by molar-refractivity contribution is 9.10. The van der Waals surface area contributed by atoms with Crippen LogP contribution < -0.4 is 0 Å². The third-order valence-corrected chi connectivity index (χ3v) is 8.49. The molecule has 1 saturated heterocycles. The Hall–Kier alpha value is -2.88. The second kappa shape index (κ2) is 10.6. The lowest BCUT2D eigenvalue weighted by Crippen LogP contribution is -2.40. The lowest BCUT2D eigenvalue weighted by Gasteiger charge is -2.30. The van der Waals surface area contributed by atoms with E-state index in [0.29, 0.717) is 27.2 Å². The first-order chi connectivity index (χ1) is 17.4. The third kappa shape index (κ3) is 5.14. The SMILES string of the molecule is O=C1/C(=C/c2ccc(-c3cc(Cl)c(Br)c([N+](=O)[O-])c3)o2)SC(=Nc2ccccc2)N1C1CCCCC1. The zero-order valence-electron chi connectivity index (χ0n) is 19.0. The van der Waals surface area contributed by atoms with E-state index in [1.165, 1.54) is 24.2 Å². The van der Waals surface area contributed by atoms with Crippen molar-refractivity contribution >= 4 is 67.8 Å². The van der Waals surface area contributed by atoms with Crippen LogP contribution in [0.4, 0.5) is 11.4 Å². The van der Waals surface area contributed by atoms with Crippen molar-refractivity contribution in [2.75, 3.05) is 0 Å². The monoisotopic (exact) mass is 585 g/mol. The van der Waals surface area contributed by atoms with Crippen molar-refractivity contribution in [2.24, 2.45) is 4.99 Å². The number of carbonyl (C=O) groups excluding carboxylic acids is 1. The number of hydrogen-bond acceptors (Lipinski definition) is 6. The Morgan fingerprint density at radius 3 is 2.61 bits per heavy atom. The molecule has 0 unspecified atom stereocenters. The quantitative estimate of drug-likeness (QED) is 0.171. The van der Waals surface area contributed by atoms with Crippen LogP contribution in [-0.2, 0) is 4.79 Å². The molecule has 184 valence electrons. The maximum Gasteiger partial charge on any atom is 0.285 e. The summed E-state index contributed by atoms with van der Waals surface area (Å²) in [7, 11) is 0. The highest BCUT2D eigenvalue weighted by Crippen LogP contribution is 2.40. The van der Waals surface area contributed by atoms with Crippen LogP contribution in [-0.4, -0.2) is 26.9 Å². The molecule has 2 fully saturated rings. The summed E-state index contributed by atoms with van der Waals surface area (Å²) in [5.41, 5.74) is 1.11. The maximum absolute atomic E-state index is 13.5. The number of amides is 1. The molecule has 0 atom stereocenters. The molecular weight excluding hydrogens is 566 g/mol. The van der Waals surface area contributed by atoms with E-state index in [4.69, 9.17) is 21.0 Å². The molecule has 1 aliphatic heterocycles. The fourth-order valence-corrected chi connectivity index (χ4v) is 6.03. The van der Waals surface area contributed by atoms with Gasteiger partial charge in [0, 0.05) is 23.7 Å². The summed E-state index contributed by atoms with van der Waals surface area (Å²) < 4.78 is 6.16. The number of carbonyl (C=O) groups is 1. The average Bonchev–Trinajstić information content (AvgIpc) is 3.46. The van der Waals surface area contributed by atoms with E-state index in [-0.39, 0.29) is 27.1 Å². The number of hydrogen-bond donors (Lipinski definition) is 0. The van der Waals surface area contributed by atoms with Crippen molar-refractivity contribution in [2.45, 2.75) is 38.1 Å². The Morgan fingerprint density at radius 2 is 1.89 bits per heavy atom. The van der Waals surface area contributed by atoms with Gasteiger partial charge in [-0.05, 0) is 70.9 Å². The Morgan fingerprint density at radius 1 is 1.14 bits per heavy atom. The highest BCUT2D eigenvalue weighted by atomic mass is 79.9. The number of thioether (sulfide) groups is 1. The molecule has 0 N–H and O–H groups in total. The molecule has 0 bridgehead atoms. The number of furan rings is 1. The van der Waals surface area contributed by atoms with E-state index in [2.05, 4.69) is 15.9 Å². The summed E-state index contributed by atoms with van der Waals surface area (Å²) in [6, 6.07) is 16.2. The highest BCUT2D eigenvalue weighted by Gasteiger charge is 2.38. The fourth-order valence-electron chi connectivity index (χ4n) is 4.40. The number of halogens is 2. The number of nitro benzene ring substituents is 1. The molecular formula is C26H21BrClN3O4S. The van der Waals surface area contributed by atoms with Crippen LogP contribution in [0.1, 0.15) is 37.9 Å². The Kier molecular flexibility index (Phi) is 7.32. The predicted octanol–water partition coefficient (Wildman–Crippen LogP) is 8.21.